The summed E-state index contributed by atoms with van der Waals surface area (Å²) < 4.78 is 18.6. The Hall–Kier alpha value is -1.87. The molecule has 2 aromatic carbocycles. The zero-order chi connectivity index (χ0) is 13.8. The van der Waals surface area contributed by atoms with Crippen molar-refractivity contribution in [1.29, 1.82) is 0 Å². The van der Waals surface area contributed by atoms with E-state index in [2.05, 4.69) is 0 Å². The SMILES string of the molecule is COc1ccc(C(=O)Cc2ccc(Cl)cc2)c(F)c1. The topological polar surface area (TPSA) is 26.3 Å². The van der Waals surface area contributed by atoms with Gasteiger partial charge in [-0.2, -0.15) is 0 Å². The van der Waals surface area contributed by atoms with Crippen LogP contribution in [0.3, 0.4) is 0 Å². The van der Waals surface area contributed by atoms with Crippen LogP contribution in [0, 0.1) is 5.82 Å². The lowest BCUT2D eigenvalue weighted by atomic mass is 10.0. The van der Waals surface area contributed by atoms with Gasteiger partial charge in [-0.25, -0.2) is 4.39 Å². The molecule has 0 heterocycles. The van der Waals surface area contributed by atoms with Gasteiger partial charge in [0, 0.05) is 17.5 Å². The molecule has 4 heteroatoms. The second-order valence-electron chi connectivity index (χ2n) is 4.07. The molecule has 0 saturated carbocycles. The molecule has 0 saturated heterocycles. The van der Waals surface area contributed by atoms with Crippen molar-refractivity contribution in [2.45, 2.75) is 6.42 Å². The van der Waals surface area contributed by atoms with Crippen molar-refractivity contribution >= 4 is 17.4 Å². The second kappa shape index (κ2) is 5.85. The van der Waals surface area contributed by atoms with Crippen LogP contribution in [0.4, 0.5) is 4.39 Å². The molecule has 2 aromatic rings. The first kappa shape index (κ1) is 13.6. The summed E-state index contributed by atoms with van der Waals surface area (Å²) in [7, 11) is 1.45. The highest BCUT2D eigenvalue weighted by Gasteiger charge is 2.13. The van der Waals surface area contributed by atoms with Crippen LogP contribution in [0.5, 0.6) is 5.75 Å². The summed E-state index contributed by atoms with van der Waals surface area (Å²) in [4.78, 5) is 12.0. The van der Waals surface area contributed by atoms with E-state index in [1.807, 2.05) is 0 Å². The van der Waals surface area contributed by atoms with Crippen molar-refractivity contribution in [3.8, 4) is 5.75 Å². The average Bonchev–Trinajstić information content (AvgIpc) is 2.41. The minimum atomic E-state index is -0.571. The van der Waals surface area contributed by atoms with Gasteiger partial charge in [-0.05, 0) is 29.8 Å². The Morgan fingerprint density at radius 1 is 1.21 bits per heavy atom. The van der Waals surface area contributed by atoms with E-state index in [1.54, 1.807) is 30.3 Å². The van der Waals surface area contributed by atoms with Gasteiger partial charge in [0.25, 0.3) is 0 Å². The van der Waals surface area contributed by atoms with Crippen LogP contribution in [-0.4, -0.2) is 12.9 Å². The van der Waals surface area contributed by atoms with Gasteiger partial charge in [0.2, 0.25) is 0 Å². The van der Waals surface area contributed by atoms with Crippen LogP contribution >= 0.6 is 11.6 Å². The molecule has 2 rings (SSSR count). The van der Waals surface area contributed by atoms with E-state index >= 15 is 0 Å². The number of hydrogen-bond donors (Lipinski definition) is 0. The summed E-state index contributed by atoms with van der Waals surface area (Å²) >= 11 is 5.77. The van der Waals surface area contributed by atoms with E-state index in [4.69, 9.17) is 16.3 Å². The number of rotatable bonds is 4. The number of hydrogen-bond acceptors (Lipinski definition) is 2. The Morgan fingerprint density at radius 2 is 1.89 bits per heavy atom. The van der Waals surface area contributed by atoms with Crippen molar-refractivity contribution in [2.24, 2.45) is 0 Å². The van der Waals surface area contributed by atoms with Gasteiger partial charge in [-0.15, -0.1) is 0 Å². The standard InChI is InChI=1S/C15H12ClFO2/c1-19-12-6-7-13(14(17)9-12)15(18)8-10-2-4-11(16)5-3-10/h2-7,9H,8H2,1H3. The van der Waals surface area contributed by atoms with Gasteiger partial charge >= 0.3 is 0 Å². The van der Waals surface area contributed by atoms with E-state index in [1.165, 1.54) is 19.2 Å². The summed E-state index contributed by atoms with van der Waals surface area (Å²) in [6.07, 6.45) is 0.139. The third-order valence-electron chi connectivity index (χ3n) is 2.75. The van der Waals surface area contributed by atoms with Gasteiger partial charge in [-0.3, -0.25) is 4.79 Å². The van der Waals surface area contributed by atoms with Crippen LogP contribution < -0.4 is 4.74 Å². The maximum absolute atomic E-state index is 13.7. The smallest absolute Gasteiger partial charge is 0.170 e. The molecule has 0 unspecified atom stereocenters. The fourth-order valence-corrected chi connectivity index (χ4v) is 1.86. The predicted octanol–water partition coefficient (Wildman–Crippen LogP) is 3.91. The maximum Gasteiger partial charge on any atom is 0.170 e. The van der Waals surface area contributed by atoms with E-state index in [-0.39, 0.29) is 17.8 Å². The average molecular weight is 279 g/mol. The molecule has 0 N–H and O–H groups in total. The molecular formula is C15H12ClFO2. The van der Waals surface area contributed by atoms with Gasteiger partial charge in [-0.1, -0.05) is 23.7 Å². The quantitative estimate of drug-likeness (QED) is 0.793. The second-order valence-corrected chi connectivity index (χ2v) is 4.51. The zero-order valence-electron chi connectivity index (χ0n) is 10.3. The van der Waals surface area contributed by atoms with Crippen molar-refractivity contribution < 1.29 is 13.9 Å². The number of methoxy groups -OCH3 is 1. The lowest BCUT2D eigenvalue weighted by molar-refractivity contribution is 0.0989. The number of carbonyl (C=O) groups is 1. The van der Waals surface area contributed by atoms with Crippen LogP contribution in [-0.2, 0) is 6.42 Å². The highest BCUT2D eigenvalue weighted by atomic mass is 35.5. The number of ketones is 1. The minimum Gasteiger partial charge on any atom is -0.497 e. The number of benzene rings is 2. The third-order valence-corrected chi connectivity index (χ3v) is 3.01. The minimum absolute atomic E-state index is 0.0655. The van der Waals surface area contributed by atoms with Gasteiger partial charge in [0.1, 0.15) is 11.6 Å². The molecule has 0 amide bonds. The molecule has 0 atom stereocenters. The van der Waals surface area contributed by atoms with Crippen LogP contribution in [0.25, 0.3) is 0 Å². The number of ether oxygens (including phenoxy) is 1. The largest absolute Gasteiger partial charge is 0.497 e. The van der Waals surface area contributed by atoms with Gasteiger partial charge < -0.3 is 4.74 Å². The van der Waals surface area contributed by atoms with E-state index < -0.39 is 5.82 Å². The van der Waals surface area contributed by atoms with E-state index in [9.17, 15) is 9.18 Å². The van der Waals surface area contributed by atoms with E-state index in [0.29, 0.717) is 10.8 Å². The highest BCUT2D eigenvalue weighted by molar-refractivity contribution is 6.30. The van der Waals surface area contributed by atoms with Crippen molar-refractivity contribution in [2.75, 3.05) is 7.11 Å². The number of halogens is 2. The number of carbonyl (C=O) groups excluding carboxylic acids is 1. The fraction of sp³-hybridized carbons (Fsp3) is 0.133. The lowest BCUT2D eigenvalue weighted by Gasteiger charge is -2.05. The molecule has 0 aromatic heterocycles. The zero-order valence-corrected chi connectivity index (χ0v) is 11.1. The number of Topliss-reactive ketones (excluding diaryl/α,β-unsaturated/α-hetero) is 1. The molecule has 98 valence electrons. The first-order valence-corrected chi connectivity index (χ1v) is 6.09. The van der Waals surface area contributed by atoms with Crippen LogP contribution in [0.1, 0.15) is 15.9 Å². The summed E-state index contributed by atoms with van der Waals surface area (Å²) in [5, 5.41) is 0.604. The Balaban J connectivity index is 2.18. The Morgan fingerprint density at radius 3 is 2.47 bits per heavy atom. The molecule has 0 fully saturated rings. The first-order chi connectivity index (χ1) is 9.10. The molecule has 19 heavy (non-hydrogen) atoms. The van der Waals surface area contributed by atoms with Crippen LogP contribution in [0.15, 0.2) is 42.5 Å². The Bertz CT molecular complexity index is 594. The van der Waals surface area contributed by atoms with Gasteiger partial charge in [0.15, 0.2) is 5.78 Å². The lowest BCUT2D eigenvalue weighted by Crippen LogP contribution is -2.06. The molecule has 0 aliphatic carbocycles. The van der Waals surface area contributed by atoms with Crippen molar-refractivity contribution in [3.63, 3.8) is 0 Å². The third kappa shape index (κ3) is 3.32. The van der Waals surface area contributed by atoms with Gasteiger partial charge in [0.05, 0.1) is 12.7 Å². The molecule has 0 bridgehead atoms. The summed E-state index contributed by atoms with van der Waals surface area (Å²) in [6.45, 7) is 0. The van der Waals surface area contributed by atoms with Crippen molar-refractivity contribution in [3.05, 3.63) is 64.4 Å². The molecule has 2 nitrogen and oxygen atoms in total. The Labute approximate surface area is 115 Å². The normalized spacial score (nSPS) is 10.3. The summed E-state index contributed by atoms with van der Waals surface area (Å²) in [6, 6.07) is 11.1. The first-order valence-electron chi connectivity index (χ1n) is 5.71. The molecular weight excluding hydrogens is 267 g/mol. The van der Waals surface area contributed by atoms with Crippen LogP contribution in [0.2, 0.25) is 5.02 Å². The predicted molar refractivity (Wildman–Crippen MR) is 72.4 cm³/mol. The summed E-state index contributed by atoms with van der Waals surface area (Å²) in [5.74, 6) is -0.457. The summed E-state index contributed by atoms with van der Waals surface area (Å²) in [5.41, 5.74) is 0.861. The highest BCUT2D eigenvalue weighted by Crippen LogP contribution is 2.18. The monoisotopic (exact) mass is 278 g/mol. The maximum atomic E-state index is 13.7. The Kier molecular flexibility index (Phi) is 4.17. The molecule has 0 aliphatic rings. The molecule has 0 radical (unpaired) electrons. The molecule has 0 spiro atoms. The molecule has 0 aliphatic heterocycles. The van der Waals surface area contributed by atoms with E-state index in [0.717, 1.165) is 5.56 Å². The van der Waals surface area contributed by atoms with Crippen molar-refractivity contribution in [1.82, 2.24) is 0 Å². The fourth-order valence-electron chi connectivity index (χ4n) is 1.73.